The van der Waals surface area contributed by atoms with E-state index < -0.39 is 0 Å². The van der Waals surface area contributed by atoms with Gasteiger partial charge in [0.2, 0.25) is 0 Å². The van der Waals surface area contributed by atoms with Crippen molar-refractivity contribution in [3.63, 3.8) is 0 Å². The number of hydrogen-bond donors (Lipinski definition) is 1. The van der Waals surface area contributed by atoms with Gasteiger partial charge in [-0.05, 0) is 49.2 Å². The lowest BCUT2D eigenvalue weighted by atomic mass is 9.91. The largest absolute Gasteiger partial charge is 0.494 e. The highest BCUT2D eigenvalue weighted by molar-refractivity contribution is 5.30. The monoisotopic (exact) mass is 273 g/mol. The Hall–Kier alpha value is -1.87. The minimum absolute atomic E-state index is 0.00542. The zero-order chi connectivity index (χ0) is 14.4. The molecule has 2 nitrogen and oxygen atoms in total. The standard InChI is InChI=1S/C17H20FNO/c1-2-20-15-9-7-13(8-10-15)11-14(12-19)16-5-3-4-6-17(16)18/h3-10,14H,2,11-12,19H2,1H3. The smallest absolute Gasteiger partial charge is 0.126 e. The van der Waals surface area contributed by atoms with Gasteiger partial charge in [0.15, 0.2) is 0 Å². The van der Waals surface area contributed by atoms with Crippen LogP contribution in [0.3, 0.4) is 0 Å². The minimum atomic E-state index is -0.186. The number of ether oxygens (including phenoxy) is 1. The van der Waals surface area contributed by atoms with Gasteiger partial charge in [-0.15, -0.1) is 0 Å². The summed E-state index contributed by atoms with van der Waals surface area (Å²) in [5.41, 5.74) is 7.62. The summed E-state index contributed by atoms with van der Waals surface area (Å²) >= 11 is 0. The summed E-state index contributed by atoms with van der Waals surface area (Å²) in [7, 11) is 0. The van der Waals surface area contributed by atoms with Gasteiger partial charge in [0.05, 0.1) is 6.61 Å². The van der Waals surface area contributed by atoms with Crippen LogP contribution in [0.1, 0.15) is 24.0 Å². The van der Waals surface area contributed by atoms with E-state index in [1.54, 1.807) is 12.1 Å². The summed E-state index contributed by atoms with van der Waals surface area (Å²) in [5.74, 6) is 0.662. The summed E-state index contributed by atoms with van der Waals surface area (Å²) in [6.07, 6.45) is 0.726. The van der Waals surface area contributed by atoms with E-state index in [0.717, 1.165) is 17.7 Å². The van der Waals surface area contributed by atoms with Gasteiger partial charge in [-0.1, -0.05) is 30.3 Å². The molecule has 0 aliphatic heterocycles. The van der Waals surface area contributed by atoms with Crippen LogP contribution in [-0.4, -0.2) is 13.2 Å². The van der Waals surface area contributed by atoms with Crippen LogP contribution in [0.15, 0.2) is 48.5 Å². The first-order chi connectivity index (χ1) is 9.74. The summed E-state index contributed by atoms with van der Waals surface area (Å²) in [6.45, 7) is 3.03. The quantitative estimate of drug-likeness (QED) is 0.874. The van der Waals surface area contributed by atoms with Crippen molar-refractivity contribution < 1.29 is 9.13 Å². The molecule has 2 aromatic rings. The average molecular weight is 273 g/mol. The van der Waals surface area contributed by atoms with Crippen molar-refractivity contribution >= 4 is 0 Å². The van der Waals surface area contributed by atoms with E-state index >= 15 is 0 Å². The maximum atomic E-state index is 13.8. The maximum absolute atomic E-state index is 13.8. The van der Waals surface area contributed by atoms with E-state index in [-0.39, 0.29) is 11.7 Å². The molecule has 106 valence electrons. The zero-order valence-electron chi connectivity index (χ0n) is 11.7. The molecular formula is C17H20FNO. The zero-order valence-corrected chi connectivity index (χ0v) is 11.7. The molecule has 1 atom stereocenters. The molecule has 2 rings (SSSR count). The summed E-state index contributed by atoms with van der Waals surface area (Å²) in [5, 5.41) is 0. The van der Waals surface area contributed by atoms with E-state index in [9.17, 15) is 4.39 Å². The number of benzene rings is 2. The van der Waals surface area contributed by atoms with Gasteiger partial charge in [-0.25, -0.2) is 4.39 Å². The van der Waals surface area contributed by atoms with Crippen molar-refractivity contribution in [2.24, 2.45) is 5.73 Å². The third-order valence-electron chi connectivity index (χ3n) is 3.35. The molecule has 2 N–H and O–H groups in total. The maximum Gasteiger partial charge on any atom is 0.126 e. The van der Waals surface area contributed by atoms with E-state index in [0.29, 0.717) is 18.7 Å². The third kappa shape index (κ3) is 3.58. The highest BCUT2D eigenvalue weighted by atomic mass is 19.1. The topological polar surface area (TPSA) is 35.2 Å². The molecule has 0 saturated carbocycles. The van der Waals surface area contributed by atoms with E-state index in [4.69, 9.17) is 10.5 Å². The second kappa shape index (κ2) is 7.06. The second-order valence-electron chi connectivity index (χ2n) is 4.74. The Kier molecular flexibility index (Phi) is 5.13. The molecule has 3 heteroatoms. The van der Waals surface area contributed by atoms with Gasteiger partial charge in [0.1, 0.15) is 11.6 Å². The molecule has 0 radical (unpaired) electrons. The van der Waals surface area contributed by atoms with Crippen molar-refractivity contribution in [2.75, 3.05) is 13.2 Å². The van der Waals surface area contributed by atoms with Crippen molar-refractivity contribution in [3.05, 3.63) is 65.5 Å². The van der Waals surface area contributed by atoms with Gasteiger partial charge in [-0.2, -0.15) is 0 Å². The molecule has 0 saturated heterocycles. The number of hydrogen-bond acceptors (Lipinski definition) is 2. The highest BCUT2D eigenvalue weighted by Crippen LogP contribution is 2.23. The lowest BCUT2D eigenvalue weighted by molar-refractivity contribution is 0.340. The van der Waals surface area contributed by atoms with E-state index in [1.165, 1.54) is 6.07 Å². The number of rotatable bonds is 6. The molecule has 0 aliphatic rings. The van der Waals surface area contributed by atoms with Gasteiger partial charge < -0.3 is 10.5 Å². The van der Waals surface area contributed by atoms with Crippen molar-refractivity contribution in [1.82, 2.24) is 0 Å². The molecule has 2 aromatic carbocycles. The third-order valence-corrected chi connectivity index (χ3v) is 3.35. The Bertz CT molecular complexity index is 539. The first kappa shape index (κ1) is 14.5. The van der Waals surface area contributed by atoms with Crippen LogP contribution in [0.5, 0.6) is 5.75 Å². The Morgan fingerprint density at radius 1 is 1.10 bits per heavy atom. The van der Waals surface area contributed by atoms with Gasteiger partial charge in [0.25, 0.3) is 0 Å². The first-order valence-corrected chi connectivity index (χ1v) is 6.90. The number of halogens is 1. The van der Waals surface area contributed by atoms with Crippen LogP contribution in [0.25, 0.3) is 0 Å². The highest BCUT2D eigenvalue weighted by Gasteiger charge is 2.14. The minimum Gasteiger partial charge on any atom is -0.494 e. The summed E-state index contributed by atoms with van der Waals surface area (Å²) < 4.78 is 19.2. The molecule has 0 amide bonds. The SMILES string of the molecule is CCOc1ccc(CC(CN)c2ccccc2F)cc1. The van der Waals surface area contributed by atoms with Crippen LogP contribution in [0, 0.1) is 5.82 Å². The predicted octanol–water partition coefficient (Wildman–Crippen LogP) is 3.51. The molecule has 20 heavy (non-hydrogen) atoms. The van der Waals surface area contributed by atoms with Crippen LogP contribution >= 0.6 is 0 Å². The lowest BCUT2D eigenvalue weighted by Crippen LogP contribution is -2.16. The molecule has 0 fully saturated rings. The summed E-state index contributed by atoms with van der Waals surface area (Å²) in [4.78, 5) is 0. The average Bonchev–Trinajstić information content (AvgIpc) is 2.48. The molecule has 0 aliphatic carbocycles. The molecule has 0 bridgehead atoms. The lowest BCUT2D eigenvalue weighted by Gasteiger charge is -2.16. The first-order valence-electron chi connectivity index (χ1n) is 6.90. The van der Waals surface area contributed by atoms with E-state index in [1.807, 2.05) is 37.3 Å². The fraction of sp³-hybridized carbons (Fsp3) is 0.294. The fourth-order valence-corrected chi connectivity index (χ4v) is 2.30. The van der Waals surface area contributed by atoms with E-state index in [2.05, 4.69) is 0 Å². The molecule has 0 spiro atoms. The Balaban J connectivity index is 2.12. The van der Waals surface area contributed by atoms with Gasteiger partial charge in [0, 0.05) is 5.92 Å². The van der Waals surface area contributed by atoms with Gasteiger partial charge in [-0.3, -0.25) is 0 Å². The van der Waals surface area contributed by atoms with Crippen LogP contribution in [0.2, 0.25) is 0 Å². The van der Waals surface area contributed by atoms with Crippen LogP contribution in [-0.2, 0) is 6.42 Å². The molecule has 0 heterocycles. The Morgan fingerprint density at radius 2 is 1.80 bits per heavy atom. The van der Waals surface area contributed by atoms with Crippen LogP contribution < -0.4 is 10.5 Å². The molecule has 0 aromatic heterocycles. The van der Waals surface area contributed by atoms with Crippen molar-refractivity contribution in [2.45, 2.75) is 19.3 Å². The van der Waals surface area contributed by atoms with Crippen molar-refractivity contribution in [1.29, 1.82) is 0 Å². The Labute approximate surface area is 119 Å². The van der Waals surface area contributed by atoms with Crippen LogP contribution in [0.4, 0.5) is 4.39 Å². The second-order valence-corrected chi connectivity index (χ2v) is 4.74. The number of nitrogens with two attached hydrogens (primary N) is 1. The Morgan fingerprint density at radius 3 is 2.40 bits per heavy atom. The molecular weight excluding hydrogens is 253 g/mol. The van der Waals surface area contributed by atoms with Gasteiger partial charge >= 0.3 is 0 Å². The molecule has 1 unspecified atom stereocenters. The summed E-state index contributed by atoms with van der Waals surface area (Å²) in [6, 6.07) is 14.7. The fourth-order valence-electron chi connectivity index (χ4n) is 2.30. The van der Waals surface area contributed by atoms with Crippen molar-refractivity contribution in [3.8, 4) is 5.75 Å². The predicted molar refractivity (Wildman–Crippen MR) is 79.5 cm³/mol. The normalized spacial score (nSPS) is 12.2.